The number of ether oxygens (including phenoxy) is 1. The minimum atomic E-state index is -0.422. The Bertz CT molecular complexity index is 313. The molecule has 3 atom stereocenters. The Hall–Kier alpha value is -1.10. The maximum Gasteiger partial charge on any atom is 0.245 e. The number of nitrogens with zero attached hydrogens (tertiary/aromatic N) is 1. The van der Waals surface area contributed by atoms with Crippen LogP contribution in [0, 0.1) is 0 Å². The van der Waals surface area contributed by atoms with E-state index in [1.807, 2.05) is 6.92 Å². The molecule has 17 heavy (non-hydrogen) atoms. The molecule has 2 aliphatic heterocycles. The van der Waals surface area contributed by atoms with Crippen molar-refractivity contribution in [3.05, 3.63) is 0 Å². The van der Waals surface area contributed by atoms with Gasteiger partial charge in [0.1, 0.15) is 6.04 Å². The maximum absolute atomic E-state index is 12.1. The zero-order valence-corrected chi connectivity index (χ0v) is 10.4. The number of hydrogen-bond donors (Lipinski definition) is 1. The van der Waals surface area contributed by atoms with E-state index in [4.69, 9.17) is 4.74 Å². The molecule has 5 nitrogen and oxygen atoms in total. The van der Waals surface area contributed by atoms with Crippen LogP contribution in [0.1, 0.15) is 33.1 Å². The zero-order chi connectivity index (χ0) is 12.4. The van der Waals surface area contributed by atoms with Crippen LogP contribution in [0.15, 0.2) is 0 Å². The van der Waals surface area contributed by atoms with Crippen molar-refractivity contribution >= 4 is 11.8 Å². The summed E-state index contributed by atoms with van der Waals surface area (Å²) in [6.45, 7) is 5.05. The van der Waals surface area contributed by atoms with Gasteiger partial charge in [-0.2, -0.15) is 0 Å². The fourth-order valence-electron chi connectivity index (χ4n) is 2.48. The van der Waals surface area contributed by atoms with Gasteiger partial charge in [-0.3, -0.25) is 9.59 Å². The second kappa shape index (κ2) is 5.04. The Kier molecular flexibility index (Phi) is 3.66. The molecule has 0 bridgehead atoms. The number of carbonyl (C=O) groups is 2. The zero-order valence-electron chi connectivity index (χ0n) is 10.4. The largest absolute Gasteiger partial charge is 0.376 e. The molecular formula is C12H20N2O3. The van der Waals surface area contributed by atoms with Crippen LogP contribution < -0.4 is 5.32 Å². The van der Waals surface area contributed by atoms with Gasteiger partial charge >= 0.3 is 0 Å². The van der Waals surface area contributed by atoms with Crippen molar-refractivity contribution in [3.63, 3.8) is 0 Å². The predicted molar refractivity (Wildman–Crippen MR) is 62.4 cm³/mol. The van der Waals surface area contributed by atoms with Crippen molar-refractivity contribution in [3.8, 4) is 0 Å². The molecule has 0 aliphatic carbocycles. The Morgan fingerprint density at radius 2 is 2.18 bits per heavy atom. The molecule has 2 aliphatic rings. The second-order valence-corrected chi connectivity index (χ2v) is 4.97. The first-order valence-electron chi connectivity index (χ1n) is 6.29. The molecule has 0 spiro atoms. The summed E-state index contributed by atoms with van der Waals surface area (Å²) in [5.41, 5.74) is 0. The van der Waals surface area contributed by atoms with E-state index < -0.39 is 6.04 Å². The minimum absolute atomic E-state index is 0.00106. The lowest BCUT2D eigenvalue weighted by atomic mass is 10.1. The van der Waals surface area contributed by atoms with Gasteiger partial charge in [0, 0.05) is 25.6 Å². The normalized spacial score (nSPS) is 34.7. The second-order valence-electron chi connectivity index (χ2n) is 4.97. The van der Waals surface area contributed by atoms with Gasteiger partial charge in [0.25, 0.3) is 0 Å². The summed E-state index contributed by atoms with van der Waals surface area (Å²) < 4.78 is 5.56. The Morgan fingerprint density at radius 1 is 1.41 bits per heavy atom. The molecule has 2 fully saturated rings. The number of nitrogens with one attached hydrogen (secondary N) is 1. The molecule has 96 valence electrons. The standard InChI is InChI=1S/C12H20N2O3/c1-8-6-11(15)13-9(2)12(16)14(8)7-10-4-3-5-17-10/h8-10H,3-7H2,1-2H3,(H,13,15). The Balaban J connectivity index is 2.05. The van der Waals surface area contributed by atoms with E-state index in [1.54, 1.807) is 11.8 Å². The number of hydrogen-bond acceptors (Lipinski definition) is 3. The fourth-order valence-corrected chi connectivity index (χ4v) is 2.48. The average Bonchev–Trinajstić information content (AvgIpc) is 2.73. The molecule has 1 N–H and O–H groups in total. The maximum atomic E-state index is 12.1. The SMILES string of the molecule is CC1NC(=O)CC(C)N(CC2CCCO2)C1=O. The highest BCUT2D eigenvalue weighted by Gasteiger charge is 2.33. The summed E-state index contributed by atoms with van der Waals surface area (Å²) >= 11 is 0. The summed E-state index contributed by atoms with van der Waals surface area (Å²) in [4.78, 5) is 25.4. The van der Waals surface area contributed by atoms with E-state index in [0.29, 0.717) is 13.0 Å². The first-order valence-corrected chi connectivity index (χ1v) is 6.29. The van der Waals surface area contributed by atoms with Crippen LogP contribution >= 0.6 is 0 Å². The van der Waals surface area contributed by atoms with Crippen molar-refractivity contribution in [2.75, 3.05) is 13.2 Å². The first-order chi connectivity index (χ1) is 8.08. The van der Waals surface area contributed by atoms with E-state index in [2.05, 4.69) is 5.32 Å². The van der Waals surface area contributed by atoms with Gasteiger partial charge in [-0.05, 0) is 26.7 Å². The van der Waals surface area contributed by atoms with E-state index in [9.17, 15) is 9.59 Å². The monoisotopic (exact) mass is 240 g/mol. The summed E-state index contributed by atoms with van der Waals surface area (Å²) in [5, 5.41) is 2.71. The fraction of sp³-hybridized carbons (Fsp3) is 0.833. The van der Waals surface area contributed by atoms with Crippen LogP contribution in [-0.4, -0.2) is 48.1 Å². The van der Waals surface area contributed by atoms with E-state index >= 15 is 0 Å². The third-order valence-corrected chi connectivity index (χ3v) is 3.47. The van der Waals surface area contributed by atoms with E-state index in [1.165, 1.54) is 0 Å². The van der Waals surface area contributed by atoms with Crippen LogP contribution in [-0.2, 0) is 14.3 Å². The van der Waals surface area contributed by atoms with Crippen molar-refractivity contribution in [1.82, 2.24) is 10.2 Å². The molecule has 0 saturated carbocycles. The molecule has 0 radical (unpaired) electrons. The molecular weight excluding hydrogens is 220 g/mol. The average molecular weight is 240 g/mol. The Morgan fingerprint density at radius 3 is 2.82 bits per heavy atom. The van der Waals surface area contributed by atoms with Crippen LogP contribution in [0.5, 0.6) is 0 Å². The van der Waals surface area contributed by atoms with E-state index in [-0.39, 0.29) is 24.0 Å². The van der Waals surface area contributed by atoms with Gasteiger partial charge in [0.15, 0.2) is 0 Å². The van der Waals surface area contributed by atoms with Crippen molar-refractivity contribution < 1.29 is 14.3 Å². The highest BCUT2D eigenvalue weighted by molar-refractivity contribution is 5.90. The molecule has 2 saturated heterocycles. The third kappa shape index (κ3) is 2.77. The highest BCUT2D eigenvalue weighted by Crippen LogP contribution is 2.18. The number of amides is 2. The van der Waals surface area contributed by atoms with Crippen molar-refractivity contribution in [2.24, 2.45) is 0 Å². The quantitative estimate of drug-likeness (QED) is 0.755. The molecule has 2 heterocycles. The summed E-state index contributed by atoms with van der Waals surface area (Å²) in [5.74, 6) is -0.0490. The van der Waals surface area contributed by atoms with Gasteiger partial charge < -0.3 is 15.0 Å². The summed E-state index contributed by atoms with van der Waals surface area (Å²) in [7, 11) is 0. The number of carbonyl (C=O) groups excluding carboxylic acids is 2. The minimum Gasteiger partial charge on any atom is -0.376 e. The molecule has 2 amide bonds. The lowest BCUT2D eigenvalue weighted by Crippen LogP contribution is -2.47. The highest BCUT2D eigenvalue weighted by atomic mass is 16.5. The van der Waals surface area contributed by atoms with Crippen LogP contribution in [0.3, 0.4) is 0 Å². The van der Waals surface area contributed by atoms with Crippen LogP contribution in [0.4, 0.5) is 0 Å². The lowest BCUT2D eigenvalue weighted by Gasteiger charge is -2.30. The van der Waals surface area contributed by atoms with Crippen LogP contribution in [0.2, 0.25) is 0 Å². The van der Waals surface area contributed by atoms with Gasteiger partial charge in [-0.25, -0.2) is 0 Å². The van der Waals surface area contributed by atoms with Gasteiger partial charge in [0.2, 0.25) is 11.8 Å². The first kappa shape index (κ1) is 12.4. The summed E-state index contributed by atoms with van der Waals surface area (Å²) in [6, 6.07) is -0.467. The van der Waals surface area contributed by atoms with Gasteiger partial charge in [-0.1, -0.05) is 0 Å². The number of rotatable bonds is 2. The molecule has 0 aromatic heterocycles. The Labute approximate surface area is 101 Å². The molecule has 0 aromatic rings. The van der Waals surface area contributed by atoms with Crippen LogP contribution in [0.25, 0.3) is 0 Å². The molecule has 2 rings (SSSR count). The third-order valence-electron chi connectivity index (χ3n) is 3.47. The summed E-state index contributed by atoms with van der Waals surface area (Å²) in [6.07, 6.45) is 2.59. The van der Waals surface area contributed by atoms with Crippen molar-refractivity contribution in [2.45, 2.75) is 51.3 Å². The topological polar surface area (TPSA) is 58.6 Å². The molecule has 5 heteroatoms. The molecule has 0 aromatic carbocycles. The van der Waals surface area contributed by atoms with Gasteiger partial charge in [0.05, 0.1) is 6.10 Å². The van der Waals surface area contributed by atoms with E-state index in [0.717, 1.165) is 19.4 Å². The molecule has 3 unspecified atom stereocenters. The predicted octanol–water partition coefficient (Wildman–Crippen LogP) is 0.291. The van der Waals surface area contributed by atoms with Crippen molar-refractivity contribution in [1.29, 1.82) is 0 Å². The smallest absolute Gasteiger partial charge is 0.245 e. The van der Waals surface area contributed by atoms with Gasteiger partial charge in [-0.15, -0.1) is 0 Å². The lowest BCUT2D eigenvalue weighted by molar-refractivity contribution is -0.136.